The molecule has 0 atom stereocenters. The number of rotatable bonds is 5. The minimum absolute atomic E-state index is 0.00506. The molecule has 1 fully saturated rings. The van der Waals surface area contributed by atoms with Gasteiger partial charge in [0.05, 0.1) is 5.41 Å². The van der Waals surface area contributed by atoms with Gasteiger partial charge >= 0.3 is 0 Å². The highest BCUT2D eigenvalue weighted by atomic mass is 16.5. The molecule has 0 saturated carbocycles. The molecule has 1 amide bonds. The lowest BCUT2D eigenvalue weighted by Crippen LogP contribution is -2.49. The molecule has 7 nitrogen and oxygen atoms in total. The first-order valence-corrected chi connectivity index (χ1v) is 6.52. The summed E-state index contributed by atoms with van der Waals surface area (Å²) >= 11 is 0. The lowest BCUT2D eigenvalue weighted by Gasteiger charge is -2.34. The molecule has 0 bridgehead atoms. The van der Waals surface area contributed by atoms with E-state index in [9.17, 15) is 4.79 Å². The van der Waals surface area contributed by atoms with Gasteiger partial charge in [-0.1, -0.05) is 5.16 Å². The van der Waals surface area contributed by atoms with E-state index in [1.807, 2.05) is 0 Å². The van der Waals surface area contributed by atoms with Crippen LogP contribution in [-0.4, -0.2) is 42.4 Å². The highest BCUT2D eigenvalue weighted by Crippen LogP contribution is 2.29. The van der Waals surface area contributed by atoms with Gasteiger partial charge in [-0.05, 0) is 19.8 Å². The van der Waals surface area contributed by atoms with Crippen molar-refractivity contribution in [3.63, 3.8) is 0 Å². The van der Waals surface area contributed by atoms with E-state index < -0.39 is 5.41 Å². The molecule has 0 spiro atoms. The van der Waals surface area contributed by atoms with Crippen LogP contribution in [0.25, 0.3) is 0 Å². The second kappa shape index (κ2) is 6.12. The number of aryl methyl sites for hydroxylation is 1. The summed E-state index contributed by atoms with van der Waals surface area (Å²) in [5, 5.41) is 6.60. The smallest absolute Gasteiger partial charge is 0.228 e. The second-order valence-electron chi connectivity index (χ2n) is 4.84. The highest BCUT2D eigenvalue weighted by molar-refractivity contribution is 5.83. The third kappa shape index (κ3) is 3.30. The van der Waals surface area contributed by atoms with E-state index in [-0.39, 0.29) is 5.91 Å². The van der Waals surface area contributed by atoms with Gasteiger partial charge in [0.15, 0.2) is 5.82 Å². The SMILES string of the molecule is Cc1noc(CCNC(=O)C2(CN)CCOCC2)n1. The van der Waals surface area contributed by atoms with Crippen molar-refractivity contribution in [1.82, 2.24) is 15.5 Å². The molecule has 3 N–H and O–H groups in total. The van der Waals surface area contributed by atoms with Crippen LogP contribution in [0.5, 0.6) is 0 Å². The molecule has 106 valence electrons. The average molecular weight is 268 g/mol. The molecule has 7 heteroatoms. The first-order valence-electron chi connectivity index (χ1n) is 6.52. The number of nitrogens with one attached hydrogen (secondary N) is 1. The van der Waals surface area contributed by atoms with Crippen molar-refractivity contribution >= 4 is 5.91 Å². The lowest BCUT2D eigenvalue weighted by atomic mass is 9.79. The van der Waals surface area contributed by atoms with Crippen molar-refractivity contribution in [2.45, 2.75) is 26.2 Å². The van der Waals surface area contributed by atoms with Gasteiger partial charge in [-0.2, -0.15) is 4.98 Å². The molecule has 2 heterocycles. The predicted octanol–water partition coefficient (Wildman–Crippen LogP) is -0.208. The fourth-order valence-corrected chi connectivity index (χ4v) is 2.20. The van der Waals surface area contributed by atoms with E-state index >= 15 is 0 Å². The van der Waals surface area contributed by atoms with Crippen molar-refractivity contribution in [3.8, 4) is 0 Å². The maximum absolute atomic E-state index is 12.2. The Kier molecular flexibility index (Phi) is 4.49. The Labute approximate surface area is 111 Å². The van der Waals surface area contributed by atoms with Gasteiger partial charge in [-0.15, -0.1) is 0 Å². The zero-order valence-corrected chi connectivity index (χ0v) is 11.1. The normalized spacial score (nSPS) is 18.2. The summed E-state index contributed by atoms with van der Waals surface area (Å²) in [6.07, 6.45) is 1.88. The molecule has 0 radical (unpaired) electrons. The number of nitrogens with zero attached hydrogens (tertiary/aromatic N) is 2. The standard InChI is InChI=1S/C12H20N4O3/c1-9-15-10(19-16-9)2-5-14-11(17)12(8-13)3-6-18-7-4-12/h2-8,13H2,1H3,(H,14,17). The van der Waals surface area contributed by atoms with Crippen LogP contribution in [0, 0.1) is 12.3 Å². The average Bonchev–Trinajstić information content (AvgIpc) is 2.85. The zero-order chi connectivity index (χ0) is 13.7. The van der Waals surface area contributed by atoms with E-state index in [1.54, 1.807) is 6.92 Å². The summed E-state index contributed by atoms with van der Waals surface area (Å²) in [4.78, 5) is 16.3. The second-order valence-corrected chi connectivity index (χ2v) is 4.84. The largest absolute Gasteiger partial charge is 0.381 e. The highest BCUT2D eigenvalue weighted by Gasteiger charge is 2.38. The van der Waals surface area contributed by atoms with Gasteiger partial charge in [0.25, 0.3) is 0 Å². The van der Waals surface area contributed by atoms with E-state index in [2.05, 4.69) is 15.5 Å². The van der Waals surface area contributed by atoms with E-state index in [4.69, 9.17) is 15.0 Å². The molecule has 1 aliphatic heterocycles. The number of nitrogens with two attached hydrogens (primary N) is 1. The van der Waals surface area contributed by atoms with Crippen molar-refractivity contribution in [2.24, 2.45) is 11.1 Å². The fraction of sp³-hybridized carbons (Fsp3) is 0.750. The van der Waals surface area contributed by atoms with E-state index in [0.29, 0.717) is 57.3 Å². The number of carbonyl (C=O) groups excluding carboxylic acids is 1. The Bertz CT molecular complexity index is 426. The number of ether oxygens (including phenoxy) is 1. The maximum Gasteiger partial charge on any atom is 0.228 e. The lowest BCUT2D eigenvalue weighted by molar-refractivity contribution is -0.135. The number of carbonyl (C=O) groups is 1. The Morgan fingerprint density at radius 3 is 2.79 bits per heavy atom. The summed E-state index contributed by atoms with van der Waals surface area (Å²) in [7, 11) is 0. The van der Waals surface area contributed by atoms with Crippen LogP contribution in [0.2, 0.25) is 0 Å². The van der Waals surface area contributed by atoms with Crippen LogP contribution >= 0.6 is 0 Å². The van der Waals surface area contributed by atoms with Crippen LogP contribution in [0.4, 0.5) is 0 Å². The van der Waals surface area contributed by atoms with Crippen LogP contribution in [0.15, 0.2) is 4.52 Å². The number of amides is 1. The molecule has 0 aliphatic carbocycles. The van der Waals surface area contributed by atoms with Crippen LogP contribution in [0.1, 0.15) is 24.6 Å². The van der Waals surface area contributed by atoms with Crippen molar-refractivity contribution in [1.29, 1.82) is 0 Å². The third-order valence-corrected chi connectivity index (χ3v) is 3.52. The molecule has 1 aliphatic rings. The molecule has 19 heavy (non-hydrogen) atoms. The molecular weight excluding hydrogens is 248 g/mol. The topological polar surface area (TPSA) is 103 Å². The molecule has 1 aromatic heterocycles. The molecule has 1 saturated heterocycles. The minimum Gasteiger partial charge on any atom is -0.381 e. The van der Waals surface area contributed by atoms with E-state index in [1.165, 1.54) is 0 Å². The maximum atomic E-state index is 12.2. The third-order valence-electron chi connectivity index (χ3n) is 3.52. The molecule has 0 aromatic carbocycles. The Morgan fingerprint density at radius 1 is 1.47 bits per heavy atom. The monoisotopic (exact) mass is 268 g/mol. The number of hydrogen-bond acceptors (Lipinski definition) is 6. The minimum atomic E-state index is -0.483. The number of aromatic nitrogens is 2. The Balaban J connectivity index is 1.82. The van der Waals surface area contributed by atoms with Gasteiger partial charge in [0.1, 0.15) is 0 Å². The summed E-state index contributed by atoms with van der Waals surface area (Å²) < 4.78 is 10.3. The van der Waals surface area contributed by atoms with Gasteiger partial charge < -0.3 is 20.3 Å². The quantitative estimate of drug-likeness (QED) is 0.766. The molecule has 2 rings (SSSR count). The Morgan fingerprint density at radius 2 is 2.21 bits per heavy atom. The van der Waals surface area contributed by atoms with Crippen molar-refractivity contribution in [2.75, 3.05) is 26.3 Å². The summed E-state index contributed by atoms with van der Waals surface area (Å²) in [5.41, 5.74) is 5.28. The summed E-state index contributed by atoms with van der Waals surface area (Å²) in [6, 6.07) is 0. The van der Waals surface area contributed by atoms with Crippen molar-refractivity contribution in [3.05, 3.63) is 11.7 Å². The fourth-order valence-electron chi connectivity index (χ4n) is 2.20. The Hall–Kier alpha value is -1.47. The van der Waals surface area contributed by atoms with Gasteiger partial charge in [0, 0.05) is 32.7 Å². The van der Waals surface area contributed by atoms with E-state index in [0.717, 1.165) is 0 Å². The number of hydrogen-bond donors (Lipinski definition) is 2. The van der Waals surface area contributed by atoms with Gasteiger partial charge in [0.2, 0.25) is 11.8 Å². The first-order chi connectivity index (χ1) is 9.16. The van der Waals surface area contributed by atoms with Crippen molar-refractivity contribution < 1.29 is 14.1 Å². The van der Waals surface area contributed by atoms with Crippen LogP contribution < -0.4 is 11.1 Å². The zero-order valence-electron chi connectivity index (χ0n) is 11.1. The molecular formula is C12H20N4O3. The van der Waals surface area contributed by atoms with Crippen LogP contribution in [-0.2, 0) is 16.0 Å². The summed E-state index contributed by atoms with van der Waals surface area (Å²) in [6.45, 7) is 3.77. The summed E-state index contributed by atoms with van der Waals surface area (Å²) in [5.74, 6) is 1.13. The predicted molar refractivity (Wildman–Crippen MR) is 67.3 cm³/mol. The van der Waals surface area contributed by atoms with Crippen LogP contribution in [0.3, 0.4) is 0 Å². The van der Waals surface area contributed by atoms with Gasteiger partial charge in [-0.25, -0.2) is 0 Å². The first kappa shape index (κ1) is 14.0. The van der Waals surface area contributed by atoms with Gasteiger partial charge in [-0.3, -0.25) is 4.79 Å². The molecule has 0 unspecified atom stereocenters. The molecule has 1 aromatic rings.